The van der Waals surface area contributed by atoms with E-state index >= 15 is 0 Å². The Hall–Kier alpha value is -1.50. The molecule has 4 rings (SSSR count). The van der Waals surface area contributed by atoms with E-state index < -0.39 is 11.6 Å². The summed E-state index contributed by atoms with van der Waals surface area (Å²) in [6.07, 6.45) is 9.82. The molecule has 0 radical (unpaired) electrons. The second-order valence-corrected chi connectivity index (χ2v) is 9.21. The smallest absolute Gasteiger partial charge is 0.223 e. The van der Waals surface area contributed by atoms with Crippen LogP contribution in [0.1, 0.15) is 57.4 Å². The van der Waals surface area contributed by atoms with Crippen LogP contribution in [0.3, 0.4) is 0 Å². The molecule has 1 aliphatic carbocycles. The molecular formula is C22H33N3O3. The molecule has 2 N–H and O–H groups in total. The Morgan fingerprint density at radius 3 is 2.79 bits per heavy atom. The highest BCUT2D eigenvalue weighted by atomic mass is 16.5. The van der Waals surface area contributed by atoms with Gasteiger partial charge < -0.3 is 15.2 Å². The van der Waals surface area contributed by atoms with Gasteiger partial charge in [-0.1, -0.05) is 18.9 Å². The van der Waals surface area contributed by atoms with Gasteiger partial charge in [0.1, 0.15) is 6.10 Å². The molecule has 0 unspecified atom stereocenters. The predicted octanol–water partition coefficient (Wildman–Crippen LogP) is 2.26. The number of likely N-dealkylation sites (tertiary alicyclic amines) is 1. The van der Waals surface area contributed by atoms with Crippen molar-refractivity contribution in [2.75, 3.05) is 19.7 Å². The number of rotatable bonds is 4. The number of hydrogen-bond acceptors (Lipinski definition) is 5. The van der Waals surface area contributed by atoms with E-state index in [1.54, 1.807) is 6.20 Å². The normalized spacial score (nSPS) is 31.1. The predicted molar refractivity (Wildman–Crippen MR) is 107 cm³/mol. The molecule has 2 atom stereocenters. The molecule has 1 spiro atoms. The summed E-state index contributed by atoms with van der Waals surface area (Å²) in [5, 5.41) is 13.8. The molecule has 28 heavy (non-hydrogen) atoms. The SMILES string of the molecule is C[C@]1(NC(=O)C2CCCC2)CC2(CCN(Cc3cccnc3)CC2)OC[C@@H]1O. The molecule has 3 heterocycles. The molecule has 3 fully saturated rings. The summed E-state index contributed by atoms with van der Waals surface area (Å²) in [5.74, 6) is 0.231. The fraction of sp³-hybridized carbons (Fsp3) is 0.727. The van der Waals surface area contributed by atoms with Crippen molar-refractivity contribution in [1.29, 1.82) is 0 Å². The van der Waals surface area contributed by atoms with E-state index in [0.29, 0.717) is 13.0 Å². The highest BCUT2D eigenvalue weighted by Gasteiger charge is 2.50. The van der Waals surface area contributed by atoms with Crippen LogP contribution in [-0.2, 0) is 16.1 Å². The number of nitrogens with one attached hydrogen (secondary N) is 1. The van der Waals surface area contributed by atoms with Crippen molar-refractivity contribution in [3.63, 3.8) is 0 Å². The summed E-state index contributed by atoms with van der Waals surface area (Å²) >= 11 is 0. The van der Waals surface area contributed by atoms with Crippen LogP contribution in [0.15, 0.2) is 24.5 Å². The van der Waals surface area contributed by atoms with E-state index in [0.717, 1.165) is 58.2 Å². The van der Waals surface area contributed by atoms with Gasteiger partial charge in [0, 0.05) is 44.4 Å². The second-order valence-electron chi connectivity index (χ2n) is 9.21. The number of aromatic nitrogens is 1. The van der Waals surface area contributed by atoms with Gasteiger partial charge in [0.05, 0.1) is 17.7 Å². The lowest BCUT2D eigenvalue weighted by Gasteiger charge is -2.52. The maximum atomic E-state index is 12.7. The van der Waals surface area contributed by atoms with Crippen molar-refractivity contribution in [3.05, 3.63) is 30.1 Å². The van der Waals surface area contributed by atoms with E-state index in [9.17, 15) is 9.90 Å². The summed E-state index contributed by atoms with van der Waals surface area (Å²) in [6, 6.07) is 4.09. The van der Waals surface area contributed by atoms with E-state index in [-0.39, 0.29) is 17.4 Å². The van der Waals surface area contributed by atoms with Gasteiger partial charge in [-0.15, -0.1) is 0 Å². The Morgan fingerprint density at radius 2 is 2.11 bits per heavy atom. The van der Waals surface area contributed by atoms with Crippen molar-refractivity contribution in [2.45, 2.75) is 75.7 Å². The average Bonchev–Trinajstić information content (AvgIpc) is 3.23. The van der Waals surface area contributed by atoms with Crippen LogP contribution in [-0.4, -0.2) is 57.8 Å². The van der Waals surface area contributed by atoms with Gasteiger partial charge in [-0.3, -0.25) is 14.7 Å². The highest BCUT2D eigenvalue weighted by Crippen LogP contribution is 2.40. The van der Waals surface area contributed by atoms with Crippen molar-refractivity contribution in [2.24, 2.45) is 5.92 Å². The lowest BCUT2D eigenvalue weighted by molar-refractivity contribution is -0.182. The number of ether oxygens (including phenoxy) is 1. The molecule has 6 heteroatoms. The number of carbonyl (C=O) groups is 1. The number of amides is 1. The number of pyridine rings is 1. The zero-order valence-electron chi connectivity index (χ0n) is 16.9. The lowest BCUT2D eigenvalue weighted by atomic mass is 9.74. The minimum absolute atomic E-state index is 0.115. The number of nitrogens with zero attached hydrogens (tertiary/aromatic N) is 2. The monoisotopic (exact) mass is 387 g/mol. The fourth-order valence-electron chi connectivity index (χ4n) is 5.17. The van der Waals surface area contributed by atoms with Crippen LogP contribution in [0.5, 0.6) is 0 Å². The van der Waals surface area contributed by atoms with Gasteiger partial charge in [0.25, 0.3) is 0 Å². The van der Waals surface area contributed by atoms with Gasteiger partial charge in [0.2, 0.25) is 5.91 Å². The third-order valence-electron chi connectivity index (χ3n) is 7.00. The van der Waals surface area contributed by atoms with Crippen molar-refractivity contribution in [1.82, 2.24) is 15.2 Å². The zero-order chi connectivity index (χ0) is 19.6. The topological polar surface area (TPSA) is 74.7 Å². The van der Waals surface area contributed by atoms with Crippen LogP contribution in [0.2, 0.25) is 0 Å². The summed E-state index contributed by atoms with van der Waals surface area (Å²) in [5.41, 5.74) is 0.373. The number of piperidine rings is 1. The third kappa shape index (κ3) is 4.24. The molecule has 0 bridgehead atoms. The molecule has 154 valence electrons. The van der Waals surface area contributed by atoms with Crippen LogP contribution in [0.4, 0.5) is 0 Å². The van der Waals surface area contributed by atoms with Gasteiger partial charge in [0.15, 0.2) is 0 Å². The van der Waals surface area contributed by atoms with Gasteiger partial charge >= 0.3 is 0 Å². The van der Waals surface area contributed by atoms with E-state index in [1.165, 1.54) is 5.56 Å². The first-order valence-electron chi connectivity index (χ1n) is 10.7. The Bertz CT molecular complexity index is 669. The second kappa shape index (κ2) is 8.09. The van der Waals surface area contributed by atoms with Gasteiger partial charge in [-0.25, -0.2) is 0 Å². The quantitative estimate of drug-likeness (QED) is 0.829. The first-order chi connectivity index (χ1) is 13.5. The molecular weight excluding hydrogens is 354 g/mol. The van der Waals surface area contributed by atoms with Crippen molar-refractivity contribution in [3.8, 4) is 0 Å². The number of aliphatic hydroxyl groups is 1. The molecule has 2 saturated heterocycles. The van der Waals surface area contributed by atoms with Crippen LogP contribution in [0.25, 0.3) is 0 Å². The van der Waals surface area contributed by atoms with E-state index in [2.05, 4.69) is 21.3 Å². The molecule has 2 aliphatic heterocycles. The highest BCUT2D eigenvalue weighted by molar-refractivity contribution is 5.79. The van der Waals surface area contributed by atoms with Crippen molar-refractivity contribution >= 4 is 5.91 Å². The summed E-state index contributed by atoms with van der Waals surface area (Å²) in [6.45, 7) is 5.11. The maximum Gasteiger partial charge on any atom is 0.223 e. The summed E-state index contributed by atoms with van der Waals surface area (Å²) in [4.78, 5) is 19.4. The van der Waals surface area contributed by atoms with Crippen LogP contribution >= 0.6 is 0 Å². The Labute approximate surface area is 167 Å². The minimum Gasteiger partial charge on any atom is -0.388 e. The number of aliphatic hydroxyl groups excluding tert-OH is 1. The third-order valence-corrected chi connectivity index (χ3v) is 7.00. The largest absolute Gasteiger partial charge is 0.388 e. The average molecular weight is 388 g/mol. The summed E-state index contributed by atoms with van der Waals surface area (Å²) in [7, 11) is 0. The van der Waals surface area contributed by atoms with Crippen molar-refractivity contribution < 1.29 is 14.6 Å². The summed E-state index contributed by atoms with van der Waals surface area (Å²) < 4.78 is 6.18. The Kier molecular flexibility index (Phi) is 5.72. The van der Waals surface area contributed by atoms with Crippen LogP contribution in [0, 0.1) is 5.92 Å². The molecule has 1 aromatic heterocycles. The zero-order valence-corrected chi connectivity index (χ0v) is 16.9. The maximum absolute atomic E-state index is 12.7. The molecule has 6 nitrogen and oxygen atoms in total. The fourth-order valence-corrected chi connectivity index (χ4v) is 5.17. The number of hydrogen-bond donors (Lipinski definition) is 2. The molecule has 0 aromatic carbocycles. The molecule has 1 amide bonds. The molecule has 1 aromatic rings. The van der Waals surface area contributed by atoms with E-state index in [4.69, 9.17) is 4.74 Å². The Balaban J connectivity index is 1.36. The Morgan fingerprint density at radius 1 is 1.36 bits per heavy atom. The van der Waals surface area contributed by atoms with Gasteiger partial charge in [-0.05, 0) is 44.2 Å². The van der Waals surface area contributed by atoms with Crippen LogP contribution < -0.4 is 5.32 Å². The first kappa shape index (κ1) is 19.8. The molecule has 3 aliphatic rings. The lowest BCUT2D eigenvalue weighted by Crippen LogP contribution is -2.66. The van der Waals surface area contributed by atoms with E-state index in [1.807, 2.05) is 19.2 Å². The van der Waals surface area contributed by atoms with Gasteiger partial charge in [-0.2, -0.15) is 0 Å². The molecule has 1 saturated carbocycles. The minimum atomic E-state index is -0.656. The number of carbonyl (C=O) groups excluding carboxylic acids is 1. The first-order valence-corrected chi connectivity index (χ1v) is 10.7. The standard InChI is InChI=1S/C22H33N3O3/c1-21(24-20(27)18-6-2-3-7-18)16-22(28-15-19(21)26)8-11-25(12-9-22)14-17-5-4-10-23-13-17/h4-5,10,13,18-19,26H,2-3,6-9,11-12,14-16H2,1H3,(H,24,27)/t19-,21-/m0/s1.